The molecule has 22 heavy (non-hydrogen) atoms. The van der Waals surface area contributed by atoms with E-state index in [1.54, 1.807) is 0 Å². The second-order valence-electron chi connectivity index (χ2n) is 7.41. The molecule has 0 N–H and O–H groups in total. The normalized spacial score (nSPS) is 21.0. The molecule has 1 aromatic rings. The number of rotatable bonds is 2. The maximum atomic E-state index is 4.87. The Bertz CT molecular complexity index is 514. The molecule has 0 spiro atoms. The van der Waals surface area contributed by atoms with E-state index in [2.05, 4.69) is 53.6 Å². The van der Waals surface area contributed by atoms with E-state index >= 15 is 0 Å². The Labute approximate surface area is 134 Å². The van der Waals surface area contributed by atoms with Crippen LogP contribution in [0.25, 0.3) is 0 Å². The monoisotopic (exact) mass is 303 g/mol. The van der Waals surface area contributed by atoms with Crippen LogP contribution in [0.1, 0.15) is 39.0 Å². The van der Waals surface area contributed by atoms with E-state index in [-0.39, 0.29) is 5.54 Å². The van der Waals surface area contributed by atoms with Gasteiger partial charge in [-0.1, -0.05) is 6.92 Å². The van der Waals surface area contributed by atoms with Crippen LogP contribution in [0.2, 0.25) is 0 Å². The average Bonchev–Trinajstić information content (AvgIpc) is 2.53. The largest absolute Gasteiger partial charge is 0.338 e. The van der Waals surface area contributed by atoms with Gasteiger partial charge in [-0.05, 0) is 27.3 Å². The smallest absolute Gasteiger partial charge is 0.225 e. The van der Waals surface area contributed by atoms with Gasteiger partial charge in [-0.15, -0.1) is 0 Å². The first-order chi connectivity index (χ1) is 10.5. The van der Waals surface area contributed by atoms with E-state index in [4.69, 9.17) is 4.98 Å². The van der Waals surface area contributed by atoms with Gasteiger partial charge in [0, 0.05) is 63.0 Å². The molecule has 122 valence electrons. The molecular formula is C17H29N5. The lowest BCUT2D eigenvalue weighted by Crippen LogP contribution is -2.47. The number of piperazine rings is 1. The zero-order valence-electron chi connectivity index (χ0n) is 14.5. The molecular weight excluding hydrogens is 274 g/mol. The van der Waals surface area contributed by atoms with Crippen LogP contribution < -0.4 is 4.90 Å². The lowest BCUT2D eigenvalue weighted by atomic mass is 9.99. The van der Waals surface area contributed by atoms with Crippen molar-refractivity contribution in [3.63, 3.8) is 0 Å². The molecule has 5 heteroatoms. The van der Waals surface area contributed by atoms with Crippen LogP contribution in [0.15, 0.2) is 6.20 Å². The van der Waals surface area contributed by atoms with E-state index in [1.807, 2.05) is 0 Å². The highest BCUT2D eigenvalue weighted by Crippen LogP contribution is 2.25. The highest BCUT2D eigenvalue weighted by Gasteiger charge is 2.27. The summed E-state index contributed by atoms with van der Waals surface area (Å²) < 4.78 is 0. The summed E-state index contributed by atoms with van der Waals surface area (Å²) in [5.41, 5.74) is 2.77. The third-order valence-electron chi connectivity index (χ3n) is 4.97. The van der Waals surface area contributed by atoms with Gasteiger partial charge >= 0.3 is 0 Å². The Morgan fingerprint density at radius 2 is 1.82 bits per heavy atom. The van der Waals surface area contributed by atoms with Crippen LogP contribution in [0.3, 0.4) is 0 Å². The van der Waals surface area contributed by atoms with Gasteiger partial charge in [0.1, 0.15) is 0 Å². The minimum Gasteiger partial charge on any atom is -0.338 e. The van der Waals surface area contributed by atoms with Crippen LogP contribution >= 0.6 is 0 Å². The number of anilines is 1. The highest BCUT2D eigenvalue weighted by atomic mass is 15.3. The number of hydrogen-bond donors (Lipinski definition) is 0. The van der Waals surface area contributed by atoms with E-state index in [0.29, 0.717) is 0 Å². The molecule has 1 saturated heterocycles. The van der Waals surface area contributed by atoms with E-state index in [9.17, 15) is 0 Å². The SMILES string of the molecule is CCN1CCN(c2ncc3c(n2)CCN(C(C)(C)C)C3)CC1. The van der Waals surface area contributed by atoms with Gasteiger partial charge in [-0.2, -0.15) is 0 Å². The van der Waals surface area contributed by atoms with Gasteiger partial charge in [-0.3, -0.25) is 4.90 Å². The predicted octanol–water partition coefficient (Wildman–Crippen LogP) is 1.78. The number of likely N-dealkylation sites (N-methyl/N-ethyl adjacent to an activating group) is 1. The fraction of sp³-hybridized carbons (Fsp3) is 0.765. The maximum absolute atomic E-state index is 4.87. The molecule has 3 heterocycles. The minimum absolute atomic E-state index is 0.215. The summed E-state index contributed by atoms with van der Waals surface area (Å²) in [5.74, 6) is 0.929. The Balaban J connectivity index is 1.71. The first kappa shape index (κ1) is 15.7. The summed E-state index contributed by atoms with van der Waals surface area (Å²) in [5, 5.41) is 0. The lowest BCUT2D eigenvalue weighted by Gasteiger charge is -2.39. The molecule has 1 fully saturated rings. The molecule has 0 unspecified atom stereocenters. The van der Waals surface area contributed by atoms with Crippen molar-refractivity contribution in [3.05, 3.63) is 17.5 Å². The van der Waals surface area contributed by atoms with Gasteiger partial charge in [-0.25, -0.2) is 9.97 Å². The van der Waals surface area contributed by atoms with Crippen molar-refractivity contribution in [1.82, 2.24) is 19.8 Å². The summed E-state index contributed by atoms with van der Waals surface area (Å²) in [6.45, 7) is 16.6. The van der Waals surface area contributed by atoms with Crippen LogP contribution in [-0.2, 0) is 13.0 Å². The minimum atomic E-state index is 0.215. The molecule has 0 atom stereocenters. The molecule has 0 aliphatic carbocycles. The predicted molar refractivity (Wildman–Crippen MR) is 90.2 cm³/mol. The van der Waals surface area contributed by atoms with Crippen molar-refractivity contribution in [2.75, 3.05) is 44.2 Å². The third kappa shape index (κ3) is 3.25. The first-order valence-electron chi connectivity index (χ1n) is 8.54. The summed E-state index contributed by atoms with van der Waals surface area (Å²) >= 11 is 0. The van der Waals surface area contributed by atoms with E-state index < -0.39 is 0 Å². The maximum Gasteiger partial charge on any atom is 0.225 e. The van der Waals surface area contributed by atoms with Crippen LogP contribution in [0.5, 0.6) is 0 Å². The number of aromatic nitrogens is 2. The highest BCUT2D eigenvalue weighted by molar-refractivity contribution is 5.35. The lowest BCUT2D eigenvalue weighted by molar-refractivity contribution is 0.119. The Kier molecular flexibility index (Phi) is 4.37. The van der Waals surface area contributed by atoms with Crippen molar-refractivity contribution in [3.8, 4) is 0 Å². The van der Waals surface area contributed by atoms with Crippen molar-refractivity contribution >= 4 is 5.95 Å². The van der Waals surface area contributed by atoms with Gasteiger partial charge in [0.2, 0.25) is 5.95 Å². The fourth-order valence-electron chi connectivity index (χ4n) is 3.29. The fourth-order valence-corrected chi connectivity index (χ4v) is 3.29. The molecule has 5 nitrogen and oxygen atoms in total. The second kappa shape index (κ2) is 6.13. The van der Waals surface area contributed by atoms with Crippen molar-refractivity contribution in [2.24, 2.45) is 0 Å². The van der Waals surface area contributed by atoms with Crippen LogP contribution in [0, 0.1) is 0 Å². The van der Waals surface area contributed by atoms with E-state index in [0.717, 1.165) is 58.2 Å². The molecule has 2 aliphatic heterocycles. The molecule has 0 bridgehead atoms. The van der Waals surface area contributed by atoms with Gasteiger partial charge in [0.05, 0.1) is 5.69 Å². The molecule has 0 amide bonds. The standard InChI is InChI=1S/C17H29N5/c1-5-20-8-10-21(11-9-20)16-18-12-14-13-22(17(2,3)4)7-6-15(14)19-16/h12H,5-11,13H2,1-4H3. The number of fused-ring (bicyclic) bond motifs is 1. The molecule has 3 rings (SSSR count). The van der Waals surface area contributed by atoms with Crippen molar-refractivity contribution < 1.29 is 0 Å². The third-order valence-corrected chi connectivity index (χ3v) is 4.97. The van der Waals surface area contributed by atoms with Crippen molar-refractivity contribution in [2.45, 2.75) is 46.2 Å². The Morgan fingerprint density at radius 1 is 1.09 bits per heavy atom. The second-order valence-corrected chi connectivity index (χ2v) is 7.41. The quantitative estimate of drug-likeness (QED) is 0.832. The zero-order valence-corrected chi connectivity index (χ0v) is 14.5. The molecule has 2 aliphatic rings. The molecule has 0 radical (unpaired) electrons. The molecule has 1 aromatic heterocycles. The summed E-state index contributed by atoms with van der Waals surface area (Å²) in [4.78, 5) is 16.9. The Morgan fingerprint density at radius 3 is 2.45 bits per heavy atom. The van der Waals surface area contributed by atoms with Crippen LogP contribution in [-0.4, -0.2) is 64.6 Å². The van der Waals surface area contributed by atoms with E-state index in [1.165, 1.54) is 11.3 Å². The average molecular weight is 303 g/mol. The summed E-state index contributed by atoms with van der Waals surface area (Å²) in [6.07, 6.45) is 3.10. The summed E-state index contributed by atoms with van der Waals surface area (Å²) in [7, 11) is 0. The number of hydrogen-bond acceptors (Lipinski definition) is 5. The van der Waals surface area contributed by atoms with Crippen molar-refractivity contribution in [1.29, 1.82) is 0 Å². The first-order valence-corrected chi connectivity index (χ1v) is 8.54. The van der Waals surface area contributed by atoms with Crippen LogP contribution in [0.4, 0.5) is 5.95 Å². The number of nitrogens with zero attached hydrogens (tertiary/aromatic N) is 5. The Hall–Kier alpha value is -1.20. The van der Waals surface area contributed by atoms with Gasteiger partial charge < -0.3 is 9.80 Å². The summed E-state index contributed by atoms with van der Waals surface area (Å²) in [6, 6.07) is 0. The van der Waals surface area contributed by atoms with Gasteiger partial charge in [0.15, 0.2) is 0 Å². The molecule has 0 aromatic carbocycles. The van der Waals surface area contributed by atoms with Gasteiger partial charge in [0.25, 0.3) is 0 Å². The topological polar surface area (TPSA) is 35.5 Å². The molecule has 0 saturated carbocycles. The zero-order chi connectivity index (χ0) is 15.7.